The molecule has 1 saturated heterocycles. The predicted octanol–water partition coefficient (Wildman–Crippen LogP) is 3.76. The fourth-order valence-electron chi connectivity index (χ4n) is 8.26. The monoisotopic (exact) mass is 569 g/mol. The first-order valence-corrected chi connectivity index (χ1v) is 14.2. The molecule has 2 aromatic carbocycles. The molecule has 41 heavy (non-hydrogen) atoms. The Morgan fingerprint density at radius 3 is 2.56 bits per heavy atom. The van der Waals surface area contributed by atoms with Crippen LogP contribution in [0.25, 0.3) is 0 Å². The van der Waals surface area contributed by atoms with E-state index in [0.29, 0.717) is 50.4 Å². The van der Waals surface area contributed by atoms with Gasteiger partial charge in [-0.1, -0.05) is 12.0 Å². The maximum absolute atomic E-state index is 13.3. The SMILES string of the molecule is CN(C(=O)C#Cc1ccc(C(F)(F)F)cc1)C1CCC2(O)[C@H]3Cc4ccc(O)c5c4[C@@]2(CC[N+]3(O)CC2CC2)C1O5. The standard InChI is InChI=1S/C31H31F3N2O5/c1-35(25(38)11-6-18-4-8-21(9-5-18)31(32,33)34)22-12-13-30(39)24-16-20-7-10-23(37)27-26(20)29(30,28(22)41-27)14-15-36(24,40)17-19-2-3-19/h4-5,7-10,19,22,24,28,39-40H,2-3,12-17H2,1H3/p+1/t22?,24-,28?,29+,30?,36?/m1/s1. The van der Waals surface area contributed by atoms with Crippen molar-refractivity contribution in [3.05, 3.63) is 58.7 Å². The van der Waals surface area contributed by atoms with Crippen molar-refractivity contribution in [2.24, 2.45) is 5.92 Å². The summed E-state index contributed by atoms with van der Waals surface area (Å²) in [4.78, 5) is 14.8. The highest BCUT2D eigenvalue weighted by Gasteiger charge is 2.77. The average molecular weight is 570 g/mol. The van der Waals surface area contributed by atoms with Gasteiger partial charge in [-0.15, -0.1) is 0 Å². The quantitative estimate of drug-likeness (QED) is 0.387. The lowest BCUT2D eigenvalue weighted by Crippen LogP contribution is -2.82. The summed E-state index contributed by atoms with van der Waals surface area (Å²) in [5, 5.41) is 35.3. The Morgan fingerprint density at radius 2 is 1.88 bits per heavy atom. The number of carbonyl (C=O) groups excluding carboxylic acids is 1. The van der Waals surface area contributed by atoms with Crippen LogP contribution >= 0.6 is 0 Å². The maximum Gasteiger partial charge on any atom is 0.416 e. The summed E-state index contributed by atoms with van der Waals surface area (Å²) >= 11 is 0. The van der Waals surface area contributed by atoms with E-state index in [9.17, 15) is 33.4 Å². The molecule has 2 bridgehead atoms. The molecule has 3 aliphatic carbocycles. The predicted molar refractivity (Wildman–Crippen MR) is 140 cm³/mol. The van der Waals surface area contributed by atoms with E-state index < -0.39 is 46.9 Å². The fourth-order valence-corrected chi connectivity index (χ4v) is 8.26. The van der Waals surface area contributed by atoms with E-state index in [4.69, 9.17) is 4.74 Å². The first kappa shape index (κ1) is 26.6. The van der Waals surface area contributed by atoms with E-state index in [1.807, 2.05) is 6.07 Å². The van der Waals surface area contributed by atoms with E-state index in [1.165, 1.54) is 17.0 Å². The highest BCUT2D eigenvalue weighted by molar-refractivity contribution is 5.94. The summed E-state index contributed by atoms with van der Waals surface area (Å²) in [6.07, 6.45) is -1.31. The van der Waals surface area contributed by atoms with Gasteiger partial charge in [-0.3, -0.25) is 4.79 Å². The molecule has 5 aliphatic rings. The number of nitrogens with zero attached hydrogens (tertiary/aromatic N) is 2. The van der Waals surface area contributed by atoms with Crippen molar-refractivity contribution in [1.82, 2.24) is 4.90 Å². The van der Waals surface area contributed by atoms with Gasteiger partial charge in [-0.2, -0.15) is 17.8 Å². The molecular weight excluding hydrogens is 537 g/mol. The van der Waals surface area contributed by atoms with Gasteiger partial charge < -0.3 is 19.8 Å². The van der Waals surface area contributed by atoms with Crippen LogP contribution in [0.2, 0.25) is 0 Å². The third-order valence-corrected chi connectivity index (χ3v) is 10.4. The van der Waals surface area contributed by atoms with Crippen molar-refractivity contribution >= 4 is 5.91 Å². The lowest BCUT2D eigenvalue weighted by molar-refractivity contribution is -1.13. The molecule has 7 rings (SSSR count). The minimum Gasteiger partial charge on any atom is -0.504 e. The molecule has 2 aromatic rings. The number of amides is 1. The zero-order valence-corrected chi connectivity index (χ0v) is 22.6. The summed E-state index contributed by atoms with van der Waals surface area (Å²) in [6, 6.07) is 6.84. The van der Waals surface area contributed by atoms with Gasteiger partial charge in [0.2, 0.25) is 0 Å². The van der Waals surface area contributed by atoms with Gasteiger partial charge in [0, 0.05) is 42.9 Å². The zero-order valence-electron chi connectivity index (χ0n) is 22.6. The van der Waals surface area contributed by atoms with Crippen molar-refractivity contribution in [2.45, 2.75) is 73.9 Å². The number of aromatic hydroxyl groups is 1. The Kier molecular flexibility index (Phi) is 5.61. The second-order valence-corrected chi connectivity index (χ2v) is 12.5. The highest BCUT2D eigenvalue weighted by atomic mass is 19.4. The van der Waals surface area contributed by atoms with E-state index in [0.717, 1.165) is 36.1 Å². The Labute approximate surface area is 235 Å². The lowest BCUT2D eigenvalue weighted by Gasteiger charge is -2.64. The van der Waals surface area contributed by atoms with Crippen molar-refractivity contribution < 1.29 is 42.8 Å². The van der Waals surface area contributed by atoms with Crippen LogP contribution in [0.3, 0.4) is 0 Å². The molecule has 7 nitrogen and oxygen atoms in total. The number of phenolic OH excluding ortho intramolecular Hbond substituents is 1. The maximum atomic E-state index is 13.3. The number of rotatable bonds is 3. The zero-order chi connectivity index (χ0) is 28.9. The number of halogens is 3. The van der Waals surface area contributed by atoms with Gasteiger partial charge in [0.25, 0.3) is 5.91 Å². The van der Waals surface area contributed by atoms with Crippen molar-refractivity contribution in [3.63, 3.8) is 0 Å². The summed E-state index contributed by atoms with van der Waals surface area (Å²) < 4.78 is 45.0. The van der Waals surface area contributed by atoms with Crippen LogP contribution in [0, 0.1) is 17.8 Å². The number of benzene rings is 2. The van der Waals surface area contributed by atoms with Gasteiger partial charge in [-0.25, -0.2) is 5.21 Å². The Hall–Kier alpha value is -3.26. The average Bonchev–Trinajstić information content (AvgIpc) is 3.66. The minimum absolute atomic E-state index is 0.0172. The molecule has 10 heteroatoms. The van der Waals surface area contributed by atoms with Gasteiger partial charge in [0.15, 0.2) is 17.5 Å². The molecule has 1 amide bonds. The van der Waals surface area contributed by atoms with E-state index in [-0.39, 0.29) is 16.0 Å². The molecule has 216 valence electrons. The van der Waals surface area contributed by atoms with Crippen LogP contribution in [0.1, 0.15) is 54.4 Å². The number of piperidine rings is 1. The number of aliphatic hydroxyl groups is 1. The smallest absolute Gasteiger partial charge is 0.416 e. The number of phenols is 1. The Bertz CT molecular complexity index is 1500. The third-order valence-electron chi connectivity index (χ3n) is 10.4. The molecule has 2 aliphatic heterocycles. The van der Waals surface area contributed by atoms with Crippen LogP contribution in [-0.4, -0.2) is 74.8 Å². The van der Waals surface area contributed by atoms with Crippen LogP contribution in [-0.2, 0) is 22.8 Å². The number of ether oxygens (including phenoxy) is 1. The number of carbonyl (C=O) groups is 1. The molecule has 0 aromatic heterocycles. The van der Waals surface area contributed by atoms with E-state index >= 15 is 0 Å². The lowest BCUT2D eigenvalue weighted by atomic mass is 9.48. The van der Waals surface area contributed by atoms with Gasteiger partial charge >= 0.3 is 6.18 Å². The molecule has 2 saturated carbocycles. The first-order valence-electron chi connectivity index (χ1n) is 14.2. The summed E-state index contributed by atoms with van der Waals surface area (Å²) in [5.74, 6) is 5.47. The molecular formula is C31H32F3N2O5+. The second-order valence-electron chi connectivity index (χ2n) is 12.5. The molecule has 3 fully saturated rings. The normalized spacial score (nSPS) is 34.6. The van der Waals surface area contributed by atoms with Gasteiger partial charge in [-0.05, 0) is 61.6 Å². The Balaban J connectivity index is 1.22. The summed E-state index contributed by atoms with van der Waals surface area (Å²) in [7, 11) is 1.62. The molecule has 3 N–H and O–H groups in total. The van der Waals surface area contributed by atoms with Crippen LogP contribution in [0.15, 0.2) is 36.4 Å². The number of alkyl halides is 3. The number of quaternary nitrogens is 1. The molecule has 1 spiro atoms. The van der Waals surface area contributed by atoms with Gasteiger partial charge in [0.1, 0.15) is 24.8 Å². The second kappa shape index (κ2) is 8.63. The summed E-state index contributed by atoms with van der Waals surface area (Å²) in [6.45, 7) is 1.05. The van der Waals surface area contributed by atoms with Crippen LogP contribution < -0.4 is 4.74 Å². The minimum atomic E-state index is -4.46. The third kappa shape index (κ3) is 3.75. The van der Waals surface area contributed by atoms with E-state index in [2.05, 4.69) is 11.8 Å². The number of likely N-dealkylation sites (N-methyl/N-ethyl adjacent to an activating group) is 1. The topological polar surface area (TPSA) is 90.2 Å². The van der Waals surface area contributed by atoms with Crippen molar-refractivity contribution in [2.75, 3.05) is 20.1 Å². The van der Waals surface area contributed by atoms with Gasteiger partial charge in [0.05, 0.1) is 17.0 Å². The number of hydrogen-bond donors (Lipinski definition) is 3. The van der Waals surface area contributed by atoms with Crippen LogP contribution in [0.4, 0.5) is 13.2 Å². The van der Waals surface area contributed by atoms with Crippen molar-refractivity contribution in [1.29, 1.82) is 0 Å². The molecule has 6 atom stereocenters. The van der Waals surface area contributed by atoms with E-state index in [1.54, 1.807) is 13.1 Å². The Morgan fingerprint density at radius 1 is 1.15 bits per heavy atom. The molecule has 4 unspecified atom stereocenters. The van der Waals surface area contributed by atoms with Crippen LogP contribution in [0.5, 0.6) is 11.5 Å². The number of hydrogen-bond acceptors (Lipinski definition) is 5. The fraction of sp³-hybridized carbons (Fsp3) is 0.516. The summed E-state index contributed by atoms with van der Waals surface area (Å²) in [5.41, 5.74) is -0.977. The highest BCUT2D eigenvalue weighted by Crippen LogP contribution is 2.66. The number of hydroxylamine groups is 3. The van der Waals surface area contributed by atoms with Crippen molar-refractivity contribution in [3.8, 4) is 23.3 Å². The largest absolute Gasteiger partial charge is 0.504 e. The molecule has 0 radical (unpaired) electrons. The number of likely N-dealkylation sites (tertiary alicyclic amines) is 1. The molecule has 2 heterocycles. The first-order chi connectivity index (χ1) is 19.4.